The normalized spacial score (nSPS) is 14.6. The number of carbonyl (C=O) groups is 1. The number of hydrogen-bond acceptors (Lipinski definition) is 2. The van der Waals surface area contributed by atoms with E-state index in [1.807, 2.05) is 18.2 Å². The second-order valence-electron chi connectivity index (χ2n) is 7.93. The first-order valence-electron chi connectivity index (χ1n) is 11.0. The van der Waals surface area contributed by atoms with Crippen molar-refractivity contribution >= 4 is 23.2 Å². The minimum Gasteiger partial charge on any atom is -0.396 e. The van der Waals surface area contributed by atoms with Crippen molar-refractivity contribution in [2.45, 2.75) is 57.3 Å². The number of halogens is 1. The average Bonchev–Trinajstić information content (AvgIpc) is 2.96. The monoisotopic (exact) mass is 430 g/mol. The number of rotatable bonds is 12. The molecule has 4 nitrogen and oxygen atoms in total. The summed E-state index contributed by atoms with van der Waals surface area (Å²) in [6.07, 6.45) is 16.0. The molecule has 0 saturated heterocycles. The van der Waals surface area contributed by atoms with Crippen LogP contribution in [0.25, 0.3) is 5.57 Å². The molecule has 5 heteroatoms. The Bertz CT molecular complexity index is 770. The first kappa shape index (κ1) is 24.2. The number of nitrogens with zero attached hydrogens (tertiary/aromatic N) is 1. The zero-order valence-corrected chi connectivity index (χ0v) is 18.8. The Morgan fingerprint density at radius 2 is 1.87 bits per heavy atom. The highest BCUT2D eigenvalue weighted by atomic mass is 35.5. The Labute approximate surface area is 186 Å². The van der Waals surface area contributed by atoms with Gasteiger partial charge in [0.15, 0.2) is 0 Å². The minimum atomic E-state index is -0.378. The number of hydrogen-bond donors (Lipinski definition) is 2. The molecule has 0 heterocycles. The summed E-state index contributed by atoms with van der Waals surface area (Å²) in [5, 5.41) is 9.91. The lowest BCUT2D eigenvalue weighted by atomic mass is 9.83. The average molecular weight is 431 g/mol. The molecule has 1 aliphatic rings. The summed E-state index contributed by atoms with van der Waals surface area (Å²) in [6.45, 7) is 0.933. The lowest BCUT2D eigenvalue weighted by molar-refractivity contribution is 0.217. The van der Waals surface area contributed by atoms with E-state index in [1.165, 1.54) is 16.7 Å². The maximum Gasteiger partial charge on any atom is 0.314 e. The van der Waals surface area contributed by atoms with Gasteiger partial charge in [0.25, 0.3) is 0 Å². The van der Waals surface area contributed by atoms with Gasteiger partial charge in [-0.2, -0.15) is 0 Å². The second-order valence-corrected chi connectivity index (χ2v) is 8.34. The fraction of sp³-hybridized carbons (Fsp3) is 0.480. The summed E-state index contributed by atoms with van der Waals surface area (Å²) in [7, 11) is 1.74. The predicted octanol–water partition coefficient (Wildman–Crippen LogP) is 5.97. The van der Waals surface area contributed by atoms with Crippen molar-refractivity contribution in [3.8, 4) is 0 Å². The summed E-state index contributed by atoms with van der Waals surface area (Å²) in [5.74, 6) is 0.423. The molecule has 0 saturated carbocycles. The molecule has 0 fully saturated rings. The summed E-state index contributed by atoms with van der Waals surface area (Å²) in [4.78, 5) is 12.8. The lowest BCUT2D eigenvalue weighted by Gasteiger charge is -2.23. The van der Waals surface area contributed by atoms with E-state index in [0.717, 1.165) is 56.4 Å². The van der Waals surface area contributed by atoms with Crippen LogP contribution in [0.4, 0.5) is 4.79 Å². The topological polar surface area (TPSA) is 66.6 Å². The van der Waals surface area contributed by atoms with Crippen LogP contribution in [0.1, 0.15) is 68.4 Å². The highest BCUT2D eigenvalue weighted by molar-refractivity contribution is 6.34. The molecule has 1 unspecified atom stereocenters. The third-order valence-electron chi connectivity index (χ3n) is 5.71. The second kappa shape index (κ2) is 13.3. The van der Waals surface area contributed by atoms with Gasteiger partial charge in [-0.05, 0) is 60.8 Å². The van der Waals surface area contributed by atoms with Crippen LogP contribution in [0.3, 0.4) is 0 Å². The number of unbranched alkanes of at least 4 members (excludes halogenated alkanes) is 3. The molecule has 2 amide bonds. The van der Waals surface area contributed by atoms with Gasteiger partial charge in [0.1, 0.15) is 0 Å². The molecule has 1 aromatic rings. The van der Waals surface area contributed by atoms with Crippen molar-refractivity contribution in [1.29, 1.82) is 0 Å². The molecular formula is C25H35ClN2O2. The fourth-order valence-electron chi connectivity index (χ4n) is 3.95. The smallest absolute Gasteiger partial charge is 0.314 e. The fourth-order valence-corrected chi connectivity index (χ4v) is 4.21. The largest absolute Gasteiger partial charge is 0.396 e. The quantitative estimate of drug-likeness (QED) is 0.401. The third kappa shape index (κ3) is 7.66. The Hall–Kier alpha value is -2.04. The molecule has 1 aromatic carbocycles. The molecule has 164 valence electrons. The Morgan fingerprint density at radius 3 is 2.60 bits per heavy atom. The van der Waals surface area contributed by atoms with Gasteiger partial charge in [0.05, 0.1) is 0 Å². The summed E-state index contributed by atoms with van der Waals surface area (Å²) >= 11 is 6.61. The van der Waals surface area contributed by atoms with Gasteiger partial charge in [-0.25, -0.2) is 4.79 Å². The first-order valence-corrected chi connectivity index (χ1v) is 11.3. The van der Waals surface area contributed by atoms with Crippen LogP contribution >= 0.6 is 11.6 Å². The highest BCUT2D eigenvalue weighted by Crippen LogP contribution is 2.37. The zero-order chi connectivity index (χ0) is 21.8. The van der Waals surface area contributed by atoms with E-state index < -0.39 is 0 Å². The van der Waals surface area contributed by atoms with E-state index in [1.54, 1.807) is 11.9 Å². The number of urea groups is 1. The molecule has 3 N–H and O–H groups in total. The molecule has 1 atom stereocenters. The van der Waals surface area contributed by atoms with Gasteiger partial charge >= 0.3 is 6.03 Å². The van der Waals surface area contributed by atoms with Crippen LogP contribution in [0.15, 0.2) is 53.6 Å². The molecular weight excluding hydrogens is 396 g/mol. The van der Waals surface area contributed by atoms with Gasteiger partial charge < -0.3 is 15.7 Å². The summed E-state index contributed by atoms with van der Waals surface area (Å²) in [5.41, 5.74) is 9.09. The van der Waals surface area contributed by atoms with E-state index in [-0.39, 0.29) is 12.6 Å². The number of nitrogens with two attached hydrogens (primary N) is 1. The molecule has 0 aliphatic heterocycles. The Kier molecular flexibility index (Phi) is 10.7. The van der Waals surface area contributed by atoms with Crippen molar-refractivity contribution in [2.24, 2.45) is 5.73 Å². The van der Waals surface area contributed by atoms with E-state index in [2.05, 4.69) is 30.3 Å². The number of allylic oxidation sites excluding steroid dienone is 6. The van der Waals surface area contributed by atoms with Crippen molar-refractivity contribution in [3.63, 3.8) is 0 Å². The molecule has 30 heavy (non-hydrogen) atoms. The van der Waals surface area contributed by atoms with Crippen molar-refractivity contribution in [1.82, 2.24) is 4.90 Å². The first-order chi connectivity index (χ1) is 14.5. The third-order valence-corrected chi connectivity index (χ3v) is 6.06. The molecule has 0 spiro atoms. The number of amides is 2. The van der Waals surface area contributed by atoms with E-state index in [4.69, 9.17) is 22.4 Å². The van der Waals surface area contributed by atoms with Gasteiger partial charge in [0.2, 0.25) is 0 Å². The highest BCUT2D eigenvalue weighted by Gasteiger charge is 2.18. The molecule has 0 bridgehead atoms. The number of aliphatic hydroxyl groups is 1. The molecule has 0 radical (unpaired) electrons. The molecule has 2 rings (SSSR count). The van der Waals surface area contributed by atoms with Crippen LogP contribution in [0, 0.1) is 0 Å². The van der Waals surface area contributed by atoms with Gasteiger partial charge in [0, 0.05) is 25.2 Å². The van der Waals surface area contributed by atoms with Crippen LogP contribution < -0.4 is 5.73 Å². The van der Waals surface area contributed by atoms with Crippen LogP contribution in [0.2, 0.25) is 0 Å². The lowest BCUT2D eigenvalue weighted by Crippen LogP contribution is -2.32. The maximum atomic E-state index is 11.2. The number of benzene rings is 1. The minimum absolute atomic E-state index is 0.252. The standard InChI is InChI=1S/C25H35ClN2O2/c1-28(25(27)30)18-10-9-13-20(12-4-3-11-19-29)21-14-7-8-15-22(21)23-16-5-2-6-17-24(23)26/h2,5-8,14-15,17,20,29H,3-4,9-13,16,18-19H2,1H3,(H2,27,30). The van der Waals surface area contributed by atoms with Crippen molar-refractivity contribution < 1.29 is 9.90 Å². The van der Waals surface area contributed by atoms with Gasteiger partial charge in [-0.1, -0.05) is 73.4 Å². The van der Waals surface area contributed by atoms with Crippen LogP contribution in [-0.2, 0) is 0 Å². The molecule has 0 aromatic heterocycles. The van der Waals surface area contributed by atoms with Crippen LogP contribution in [-0.4, -0.2) is 36.2 Å². The molecule has 1 aliphatic carbocycles. The number of carbonyl (C=O) groups excluding carboxylic acids is 1. The van der Waals surface area contributed by atoms with Crippen molar-refractivity contribution in [2.75, 3.05) is 20.2 Å². The summed E-state index contributed by atoms with van der Waals surface area (Å²) < 4.78 is 0. The Morgan fingerprint density at radius 1 is 1.13 bits per heavy atom. The van der Waals surface area contributed by atoms with E-state index in [0.29, 0.717) is 12.5 Å². The van der Waals surface area contributed by atoms with Gasteiger partial charge in [-0.15, -0.1) is 0 Å². The zero-order valence-electron chi connectivity index (χ0n) is 18.0. The SMILES string of the molecule is CN(CCCCC(CCCCCO)c1ccccc1C1=C(Cl)C=CC=CC1)C(N)=O. The van der Waals surface area contributed by atoms with Gasteiger partial charge in [-0.3, -0.25) is 0 Å². The number of aliphatic hydroxyl groups excluding tert-OH is 1. The maximum absolute atomic E-state index is 11.2. The predicted molar refractivity (Wildman–Crippen MR) is 126 cm³/mol. The summed E-state index contributed by atoms with van der Waals surface area (Å²) in [6, 6.07) is 8.23. The number of primary amides is 1. The van der Waals surface area contributed by atoms with E-state index in [9.17, 15) is 4.79 Å². The van der Waals surface area contributed by atoms with E-state index >= 15 is 0 Å². The van der Waals surface area contributed by atoms with Crippen LogP contribution in [0.5, 0.6) is 0 Å². The van der Waals surface area contributed by atoms with Crippen molar-refractivity contribution in [3.05, 3.63) is 64.7 Å². The Balaban J connectivity index is 2.17.